The van der Waals surface area contributed by atoms with E-state index < -0.39 is 34.0 Å². The van der Waals surface area contributed by atoms with Gasteiger partial charge in [-0.2, -0.15) is 16.1 Å². The molecule has 0 saturated heterocycles. The van der Waals surface area contributed by atoms with E-state index in [-0.39, 0.29) is 4.90 Å². The number of thiophene rings is 1. The van der Waals surface area contributed by atoms with Gasteiger partial charge < -0.3 is 20.2 Å². The molecule has 0 aliphatic carbocycles. The van der Waals surface area contributed by atoms with Crippen molar-refractivity contribution in [2.75, 3.05) is 10.6 Å². The maximum absolute atomic E-state index is 12.7. The van der Waals surface area contributed by atoms with Gasteiger partial charge >= 0.3 is 12.0 Å². The van der Waals surface area contributed by atoms with Crippen molar-refractivity contribution in [1.82, 2.24) is 4.72 Å². The van der Waals surface area contributed by atoms with Crippen LogP contribution >= 0.6 is 11.3 Å². The smallest absolute Gasteiger partial charge is 0.323 e. The van der Waals surface area contributed by atoms with Crippen LogP contribution in [0.2, 0.25) is 0 Å². The number of anilines is 2. The van der Waals surface area contributed by atoms with Gasteiger partial charge in [0.05, 0.1) is 10.6 Å². The predicted molar refractivity (Wildman–Crippen MR) is 127 cm³/mol. The zero-order chi connectivity index (χ0) is 23.8. The minimum atomic E-state index is -4.08. The van der Waals surface area contributed by atoms with Crippen molar-refractivity contribution in [2.45, 2.75) is 24.8 Å². The molecule has 0 fully saturated rings. The van der Waals surface area contributed by atoms with E-state index >= 15 is 0 Å². The summed E-state index contributed by atoms with van der Waals surface area (Å²) >= 11 is 1.47. The Balaban J connectivity index is 1.61. The second-order valence-electron chi connectivity index (χ2n) is 7.74. The van der Waals surface area contributed by atoms with E-state index in [1.54, 1.807) is 44.2 Å². The van der Waals surface area contributed by atoms with E-state index in [0.717, 1.165) is 5.39 Å². The number of carboxylic acids is 1. The Hall–Kier alpha value is -3.41. The SMILES string of the molecule is CC(C)[C@H](NS(=O)(=O)c1ccc2c(c1)oc1cc(NC(=O)Nc3ccsc3)ccc12)C(=O)O. The molecule has 4 aromatic rings. The Morgan fingerprint density at radius 1 is 0.970 bits per heavy atom. The highest BCUT2D eigenvalue weighted by Crippen LogP contribution is 2.32. The van der Waals surface area contributed by atoms with Crippen LogP contribution in [0.25, 0.3) is 21.9 Å². The topological polar surface area (TPSA) is 138 Å². The average Bonchev–Trinajstić information content (AvgIpc) is 3.37. The van der Waals surface area contributed by atoms with Crippen LogP contribution in [0, 0.1) is 5.92 Å². The van der Waals surface area contributed by atoms with Gasteiger partial charge in [0.1, 0.15) is 17.2 Å². The predicted octanol–water partition coefficient (Wildman–Crippen LogP) is 4.68. The molecule has 2 amide bonds. The molecule has 2 aromatic carbocycles. The summed E-state index contributed by atoms with van der Waals surface area (Å²) in [6.45, 7) is 3.24. The molecule has 0 unspecified atom stereocenters. The minimum absolute atomic E-state index is 0.102. The van der Waals surface area contributed by atoms with Crippen molar-refractivity contribution in [1.29, 1.82) is 0 Å². The Morgan fingerprint density at radius 2 is 1.64 bits per heavy atom. The molecule has 0 radical (unpaired) electrons. The first-order valence-electron chi connectivity index (χ1n) is 9.96. The number of rotatable bonds is 7. The molecule has 0 spiro atoms. The van der Waals surface area contributed by atoms with Gasteiger partial charge in [-0.25, -0.2) is 13.2 Å². The van der Waals surface area contributed by atoms with Crippen molar-refractivity contribution in [3.63, 3.8) is 0 Å². The standard InChI is InChI=1S/C22H21N3O6S2/c1-12(2)20(21(26)27)25-33(29,30)15-4-6-17-16-5-3-13(9-18(16)31-19(17)10-15)23-22(28)24-14-7-8-32-11-14/h3-12,20,25H,1-2H3,(H,26,27)(H2,23,24,28)/t20-/m0/s1. The molecule has 0 saturated carbocycles. The molecule has 0 aliphatic rings. The van der Waals surface area contributed by atoms with Crippen molar-refractivity contribution in [2.24, 2.45) is 5.92 Å². The van der Waals surface area contributed by atoms with E-state index in [1.165, 1.54) is 23.5 Å². The monoisotopic (exact) mass is 487 g/mol. The summed E-state index contributed by atoms with van der Waals surface area (Å²) in [5.74, 6) is -1.68. The van der Waals surface area contributed by atoms with Gasteiger partial charge in [-0.05, 0) is 41.6 Å². The Morgan fingerprint density at radius 3 is 2.27 bits per heavy atom. The number of aliphatic carboxylic acids is 1. The van der Waals surface area contributed by atoms with Crippen molar-refractivity contribution in [3.05, 3.63) is 53.2 Å². The molecule has 33 heavy (non-hydrogen) atoms. The number of carbonyl (C=O) groups is 2. The summed E-state index contributed by atoms with van der Waals surface area (Å²) in [7, 11) is -4.08. The van der Waals surface area contributed by atoms with E-state index in [1.807, 2.05) is 10.8 Å². The summed E-state index contributed by atoms with van der Waals surface area (Å²) in [5.41, 5.74) is 1.98. The number of fused-ring (bicyclic) bond motifs is 3. The molecule has 9 nitrogen and oxygen atoms in total. The van der Waals surface area contributed by atoms with Crippen molar-refractivity contribution < 1.29 is 27.5 Å². The van der Waals surface area contributed by atoms with Gasteiger partial charge in [0.2, 0.25) is 10.0 Å². The number of benzene rings is 2. The molecule has 4 N–H and O–H groups in total. The summed E-state index contributed by atoms with van der Waals surface area (Å²) in [6, 6.07) is 9.63. The average molecular weight is 488 g/mol. The molecule has 4 rings (SSSR count). The van der Waals surface area contributed by atoms with Crippen LogP contribution in [-0.4, -0.2) is 31.6 Å². The third-order valence-corrected chi connectivity index (χ3v) is 7.13. The number of nitrogens with one attached hydrogen (secondary N) is 3. The van der Waals surface area contributed by atoms with E-state index in [4.69, 9.17) is 4.42 Å². The van der Waals surface area contributed by atoms with Crippen LogP contribution < -0.4 is 15.4 Å². The lowest BCUT2D eigenvalue weighted by atomic mass is 10.1. The Kier molecular flexibility index (Phi) is 6.11. The van der Waals surface area contributed by atoms with E-state index in [9.17, 15) is 23.1 Å². The molecule has 2 aromatic heterocycles. The van der Waals surface area contributed by atoms with Crippen LogP contribution in [0.3, 0.4) is 0 Å². The van der Waals surface area contributed by atoms with Gasteiger partial charge in [0, 0.05) is 34.0 Å². The van der Waals surface area contributed by atoms with Crippen LogP contribution in [0.15, 0.2) is 62.5 Å². The van der Waals surface area contributed by atoms with Gasteiger partial charge in [0.15, 0.2) is 0 Å². The number of hydrogen-bond donors (Lipinski definition) is 4. The van der Waals surface area contributed by atoms with Gasteiger partial charge in [0.25, 0.3) is 0 Å². The Bertz CT molecular complexity index is 1440. The van der Waals surface area contributed by atoms with Crippen LogP contribution in [0.1, 0.15) is 13.8 Å². The maximum atomic E-state index is 12.7. The highest BCUT2D eigenvalue weighted by atomic mass is 32.2. The second-order valence-corrected chi connectivity index (χ2v) is 10.2. The third kappa shape index (κ3) is 4.85. The van der Waals surface area contributed by atoms with Crippen LogP contribution in [0.4, 0.5) is 16.2 Å². The van der Waals surface area contributed by atoms with E-state index in [2.05, 4.69) is 15.4 Å². The Labute approximate surface area is 193 Å². The molecular formula is C22H21N3O6S2. The van der Waals surface area contributed by atoms with Crippen molar-refractivity contribution >= 4 is 66.7 Å². The molecule has 172 valence electrons. The highest BCUT2D eigenvalue weighted by Gasteiger charge is 2.28. The largest absolute Gasteiger partial charge is 0.480 e. The maximum Gasteiger partial charge on any atom is 0.323 e. The number of hydrogen-bond acceptors (Lipinski definition) is 6. The fourth-order valence-corrected chi connectivity index (χ4v) is 5.28. The molecular weight excluding hydrogens is 466 g/mol. The number of urea groups is 1. The first kappa shape index (κ1) is 22.8. The normalized spacial score (nSPS) is 12.8. The second kappa shape index (κ2) is 8.85. The molecule has 2 heterocycles. The van der Waals surface area contributed by atoms with Gasteiger partial charge in [-0.3, -0.25) is 4.79 Å². The summed E-state index contributed by atoms with van der Waals surface area (Å²) in [5, 5.41) is 19.8. The molecule has 11 heteroatoms. The van der Waals surface area contributed by atoms with E-state index in [0.29, 0.717) is 27.9 Å². The summed E-state index contributed by atoms with van der Waals surface area (Å²) in [6.07, 6.45) is 0. The highest BCUT2D eigenvalue weighted by molar-refractivity contribution is 7.89. The molecule has 1 atom stereocenters. The quantitative estimate of drug-likeness (QED) is 0.299. The first-order chi connectivity index (χ1) is 15.6. The minimum Gasteiger partial charge on any atom is -0.480 e. The van der Waals surface area contributed by atoms with Crippen molar-refractivity contribution in [3.8, 4) is 0 Å². The molecule has 0 bridgehead atoms. The third-order valence-electron chi connectivity index (χ3n) is 5.01. The summed E-state index contributed by atoms with van der Waals surface area (Å²) < 4.78 is 33.6. The number of furan rings is 1. The number of carboxylic acid groups (broad SMARTS) is 1. The molecule has 0 aliphatic heterocycles. The fraction of sp³-hybridized carbons (Fsp3) is 0.182. The number of amides is 2. The van der Waals surface area contributed by atoms with Gasteiger partial charge in [-0.1, -0.05) is 13.8 Å². The lowest BCUT2D eigenvalue weighted by Crippen LogP contribution is -2.44. The zero-order valence-electron chi connectivity index (χ0n) is 17.7. The number of sulfonamides is 1. The lowest BCUT2D eigenvalue weighted by molar-refractivity contribution is -0.140. The fourth-order valence-electron chi connectivity index (χ4n) is 3.34. The summed E-state index contributed by atoms with van der Waals surface area (Å²) in [4.78, 5) is 23.5. The zero-order valence-corrected chi connectivity index (χ0v) is 19.3. The van der Waals surface area contributed by atoms with Crippen LogP contribution in [-0.2, 0) is 14.8 Å². The van der Waals surface area contributed by atoms with Gasteiger partial charge in [-0.15, -0.1) is 0 Å². The lowest BCUT2D eigenvalue weighted by Gasteiger charge is -2.17. The number of carbonyl (C=O) groups excluding carboxylic acids is 1. The van der Waals surface area contributed by atoms with Crippen LogP contribution in [0.5, 0.6) is 0 Å². The first-order valence-corrected chi connectivity index (χ1v) is 12.4.